The molecule has 0 radical (unpaired) electrons. The van der Waals surface area contributed by atoms with E-state index in [2.05, 4.69) is 6.08 Å². The third kappa shape index (κ3) is 2.70. The van der Waals surface area contributed by atoms with Crippen molar-refractivity contribution in [2.24, 2.45) is 0 Å². The third-order valence-electron chi connectivity index (χ3n) is 2.70. The molecule has 0 amide bonds. The molecule has 1 heteroatoms. The van der Waals surface area contributed by atoms with Gasteiger partial charge in [0, 0.05) is 5.56 Å². The van der Waals surface area contributed by atoms with E-state index < -0.39 is 0 Å². The average Bonchev–Trinajstić information content (AvgIpc) is 2.40. The van der Waals surface area contributed by atoms with Gasteiger partial charge in [-0.05, 0) is 23.6 Å². The van der Waals surface area contributed by atoms with Crippen molar-refractivity contribution in [1.82, 2.24) is 0 Å². The van der Waals surface area contributed by atoms with Crippen LogP contribution in [-0.2, 0) is 0 Å². The Morgan fingerprint density at radius 2 is 1.59 bits per heavy atom. The molecule has 2 rings (SSSR count). The number of aldehydes is 1. The van der Waals surface area contributed by atoms with Crippen LogP contribution >= 0.6 is 0 Å². The van der Waals surface area contributed by atoms with Crippen LogP contribution in [0.4, 0.5) is 0 Å². The summed E-state index contributed by atoms with van der Waals surface area (Å²) in [5.74, 6) is 0. The van der Waals surface area contributed by atoms with Crippen LogP contribution in [0.1, 0.15) is 28.4 Å². The maximum Gasteiger partial charge on any atom is 0.150 e. The first-order valence-electron chi connectivity index (χ1n) is 5.59. The van der Waals surface area contributed by atoms with Gasteiger partial charge >= 0.3 is 0 Å². The zero-order chi connectivity index (χ0) is 12.1. The fraction of sp³-hybridized carbons (Fsp3) is 0.0625. The summed E-state index contributed by atoms with van der Waals surface area (Å²) < 4.78 is 0. The molecular weight excluding hydrogens is 208 g/mol. The molecular formula is C16H14O. The summed E-state index contributed by atoms with van der Waals surface area (Å²) in [6, 6.07) is 17.7. The highest BCUT2D eigenvalue weighted by molar-refractivity contribution is 5.90. The molecule has 2 aromatic rings. The Morgan fingerprint density at radius 3 is 2.29 bits per heavy atom. The highest BCUT2D eigenvalue weighted by atomic mass is 16.1. The molecule has 0 aliphatic carbocycles. The van der Waals surface area contributed by atoms with E-state index in [1.165, 1.54) is 0 Å². The summed E-state index contributed by atoms with van der Waals surface area (Å²) in [5.41, 5.74) is 3.97. The molecule has 0 aliphatic heterocycles. The van der Waals surface area contributed by atoms with Gasteiger partial charge in [0.05, 0.1) is 0 Å². The number of rotatable bonds is 3. The smallest absolute Gasteiger partial charge is 0.150 e. The van der Waals surface area contributed by atoms with Crippen LogP contribution in [0.5, 0.6) is 0 Å². The first-order valence-corrected chi connectivity index (χ1v) is 5.59. The lowest BCUT2D eigenvalue weighted by Gasteiger charge is -2.05. The van der Waals surface area contributed by atoms with Crippen molar-refractivity contribution in [2.75, 3.05) is 0 Å². The Balaban J connectivity index is 2.40. The van der Waals surface area contributed by atoms with Gasteiger partial charge in [0.1, 0.15) is 0 Å². The van der Waals surface area contributed by atoms with Crippen molar-refractivity contribution in [3.8, 4) is 0 Å². The summed E-state index contributed by atoms with van der Waals surface area (Å²) >= 11 is 0. The molecule has 0 heterocycles. The number of carbonyl (C=O) groups excluding carboxylic acids is 1. The van der Waals surface area contributed by atoms with E-state index in [1.54, 1.807) is 0 Å². The quantitative estimate of drug-likeness (QED) is 0.565. The molecule has 84 valence electrons. The highest BCUT2D eigenvalue weighted by Gasteiger charge is 2.01. The molecule has 0 bridgehead atoms. The van der Waals surface area contributed by atoms with E-state index >= 15 is 0 Å². The van der Waals surface area contributed by atoms with E-state index in [4.69, 9.17) is 0 Å². The molecule has 0 aromatic heterocycles. The molecule has 1 nitrogen and oxygen atoms in total. The fourth-order valence-electron chi connectivity index (χ4n) is 1.84. The van der Waals surface area contributed by atoms with E-state index in [0.717, 1.165) is 28.5 Å². The summed E-state index contributed by atoms with van der Waals surface area (Å²) in [4.78, 5) is 11.0. The minimum absolute atomic E-state index is 0.734. The maximum absolute atomic E-state index is 11.0. The van der Waals surface area contributed by atoms with Crippen molar-refractivity contribution in [3.63, 3.8) is 0 Å². The van der Waals surface area contributed by atoms with Crippen LogP contribution in [0.3, 0.4) is 0 Å². The first-order chi connectivity index (χ1) is 8.31. The fourth-order valence-corrected chi connectivity index (χ4v) is 1.84. The van der Waals surface area contributed by atoms with Crippen LogP contribution in [0.25, 0.3) is 11.6 Å². The molecule has 0 aliphatic rings. The Kier molecular flexibility index (Phi) is 3.51. The molecule has 0 saturated heterocycles. The zero-order valence-electron chi connectivity index (χ0n) is 9.76. The van der Waals surface area contributed by atoms with Gasteiger partial charge in [-0.2, -0.15) is 0 Å². The largest absolute Gasteiger partial charge is 0.298 e. The number of hydrogen-bond acceptors (Lipinski definition) is 1. The maximum atomic E-state index is 11.0. The van der Waals surface area contributed by atoms with Crippen LogP contribution < -0.4 is 0 Å². The monoisotopic (exact) mass is 222 g/mol. The second kappa shape index (κ2) is 5.26. The zero-order valence-corrected chi connectivity index (χ0v) is 9.76. The van der Waals surface area contributed by atoms with Crippen molar-refractivity contribution in [2.45, 2.75) is 6.92 Å². The minimum atomic E-state index is 0.734. The van der Waals surface area contributed by atoms with E-state index in [9.17, 15) is 4.79 Å². The molecule has 2 aromatic carbocycles. The van der Waals surface area contributed by atoms with Gasteiger partial charge in [0.15, 0.2) is 6.29 Å². The SMILES string of the molecule is C/C(=C\c1ccccc1)c1ccccc1C=O. The molecule has 0 unspecified atom stereocenters. The standard InChI is InChI=1S/C16H14O/c1-13(11-14-7-3-2-4-8-14)16-10-6-5-9-15(16)12-17/h2-12H,1H3/b13-11+. The molecule has 0 atom stereocenters. The average molecular weight is 222 g/mol. The highest BCUT2D eigenvalue weighted by Crippen LogP contribution is 2.20. The molecule has 0 fully saturated rings. The lowest BCUT2D eigenvalue weighted by molar-refractivity contribution is 0.112. The lowest BCUT2D eigenvalue weighted by atomic mass is 10.00. The number of benzene rings is 2. The van der Waals surface area contributed by atoms with E-state index in [1.807, 2.05) is 61.5 Å². The number of allylic oxidation sites excluding steroid dienone is 1. The normalized spacial score (nSPS) is 11.2. The van der Waals surface area contributed by atoms with Gasteiger partial charge < -0.3 is 0 Å². The topological polar surface area (TPSA) is 17.1 Å². The number of hydrogen-bond donors (Lipinski definition) is 0. The molecule has 0 spiro atoms. The second-order valence-corrected chi connectivity index (χ2v) is 3.94. The van der Waals surface area contributed by atoms with Crippen LogP contribution in [0, 0.1) is 0 Å². The predicted molar refractivity (Wildman–Crippen MR) is 71.8 cm³/mol. The minimum Gasteiger partial charge on any atom is -0.298 e. The Labute approximate surface area is 101 Å². The summed E-state index contributed by atoms with van der Waals surface area (Å²) in [5, 5.41) is 0. The van der Waals surface area contributed by atoms with Gasteiger partial charge in [-0.25, -0.2) is 0 Å². The third-order valence-corrected chi connectivity index (χ3v) is 2.70. The van der Waals surface area contributed by atoms with Crippen molar-refractivity contribution in [1.29, 1.82) is 0 Å². The van der Waals surface area contributed by atoms with E-state index in [-0.39, 0.29) is 0 Å². The number of carbonyl (C=O) groups is 1. The summed E-state index contributed by atoms with van der Waals surface area (Å²) in [6.45, 7) is 2.02. The first kappa shape index (κ1) is 11.3. The Hall–Kier alpha value is -2.15. The van der Waals surface area contributed by atoms with Crippen LogP contribution in [-0.4, -0.2) is 6.29 Å². The summed E-state index contributed by atoms with van der Waals surface area (Å²) in [7, 11) is 0. The van der Waals surface area contributed by atoms with E-state index in [0.29, 0.717) is 0 Å². The predicted octanol–water partition coefficient (Wildman–Crippen LogP) is 4.06. The Bertz CT molecular complexity index is 538. The van der Waals surface area contributed by atoms with Gasteiger partial charge in [-0.1, -0.05) is 60.7 Å². The van der Waals surface area contributed by atoms with Gasteiger partial charge in [-0.3, -0.25) is 4.79 Å². The summed E-state index contributed by atoms with van der Waals surface area (Å²) in [6.07, 6.45) is 2.99. The Morgan fingerprint density at radius 1 is 0.941 bits per heavy atom. The van der Waals surface area contributed by atoms with Gasteiger partial charge in [0.2, 0.25) is 0 Å². The van der Waals surface area contributed by atoms with Crippen molar-refractivity contribution >= 4 is 17.9 Å². The molecule has 17 heavy (non-hydrogen) atoms. The van der Waals surface area contributed by atoms with Gasteiger partial charge in [-0.15, -0.1) is 0 Å². The van der Waals surface area contributed by atoms with Crippen LogP contribution in [0.15, 0.2) is 54.6 Å². The van der Waals surface area contributed by atoms with Crippen molar-refractivity contribution < 1.29 is 4.79 Å². The second-order valence-electron chi connectivity index (χ2n) is 3.94. The lowest BCUT2D eigenvalue weighted by Crippen LogP contribution is -1.88. The molecule has 0 saturated carbocycles. The van der Waals surface area contributed by atoms with Gasteiger partial charge in [0.25, 0.3) is 0 Å². The molecule has 0 N–H and O–H groups in total. The van der Waals surface area contributed by atoms with Crippen molar-refractivity contribution in [3.05, 3.63) is 71.3 Å². The van der Waals surface area contributed by atoms with Crippen LogP contribution in [0.2, 0.25) is 0 Å².